The van der Waals surface area contributed by atoms with Crippen molar-refractivity contribution in [2.45, 2.75) is 38.3 Å². The van der Waals surface area contributed by atoms with Crippen molar-refractivity contribution < 1.29 is 18.3 Å². The Morgan fingerprint density at radius 3 is 2.44 bits per heavy atom. The summed E-state index contributed by atoms with van der Waals surface area (Å²) in [6.07, 6.45) is 6.19. The van der Waals surface area contributed by atoms with Crippen LogP contribution in [0, 0.1) is 11.6 Å². The molecule has 1 unspecified atom stereocenters. The predicted octanol–water partition coefficient (Wildman–Crippen LogP) is 4.89. The fraction of sp³-hybridized carbons (Fsp3) is 0.357. The van der Waals surface area contributed by atoms with Gasteiger partial charge in [0, 0.05) is 36.5 Å². The molecule has 2 aliphatic rings. The number of rotatable bonds is 7. The van der Waals surface area contributed by atoms with Gasteiger partial charge in [-0.25, -0.2) is 13.8 Å². The number of aromatic nitrogens is 1. The Labute approximate surface area is 209 Å². The number of halogens is 2. The Kier molecular flexibility index (Phi) is 7.13. The van der Waals surface area contributed by atoms with Crippen molar-refractivity contribution >= 4 is 11.7 Å². The van der Waals surface area contributed by atoms with Gasteiger partial charge in [-0.15, -0.1) is 0 Å². The van der Waals surface area contributed by atoms with Crippen LogP contribution in [-0.2, 0) is 6.61 Å². The van der Waals surface area contributed by atoms with Gasteiger partial charge >= 0.3 is 0 Å². The van der Waals surface area contributed by atoms with Crippen LogP contribution in [-0.4, -0.2) is 52.9 Å². The van der Waals surface area contributed by atoms with E-state index in [1.54, 1.807) is 12.3 Å². The summed E-state index contributed by atoms with van der Waals surface area (Å²) in [4.78, 5) is 21.9. The van der Waals surface area contributed by atoms with Crippen LogP contribution in [0.25, 0.3) is 11.1 Å². The summed E-state index contributed by atoms with van der Waals surface area (Å²) < 4.78 is 33.5. The summed E-state index contributed by atoms with van der Waals surface area (Å²) in [5.41, 5.74) is 7.97. The van der Waals surface area contributed by atoms with Gasteiger partial charge in [-0.3, -0.25) is 4.79 Å². The number of carbonyl (C=O) groups excluding carboxylic acids is 1. The zero-order valence-corrected chi connectivity index (χ0v) is 20.1. The number of likely N-dealkylation sites (tertiary alicyclic amines) is 2. The number of amides is 1. The van der Waals surface area contributed by atoms with Gasteiger partial charge in [0.15, 0.2) is 11.6 Å². The van der Waals surface area contributed by atoms with E-state index in [1.165, 1.54) is 31.0 Å². The molecule has 36 heavy (non-hydrogen) atoms. The molecule has 1 amide bonds. The summed E-state index contributed by atoms with van der Waals surface area (Å²) in [6.45, 7) is 3.70. The molecule has 2 saturated heterocycles. The smallest absolute Gasteiger partial charge is 0.254 e. The van der Waals surface area contributed by atoms with E-state index in [1.807, 2.05) is 29.2 Å². The topological polar surface area (TPSA) is 71.7 Å². The van der Waals surface area contributed by atoms with Crippen LogP contribution in [0.3, 0.4) is 0 Å². The molecule has 3 heterocycles. The SMILES string of the molecule is Nc1ncc(-c2ccc(C(=O)N3CCCC3CN3CCCC3)cc2)cc1OCc1c(F)cccc1F. The van der Waals surface area contributed by atoms with E-state index < -0.39 is 11.6 Å². The van der Waals surface area contributed by atoms with Crippen LogP contribution in [0.2, 0.25) is 0 Å². The molecule has 0 radical (unpaired) electrons. The zero-order chi connectivity index (χ0) is 25.1. The number of anilines is 1. The molecule has 3 aromatic rings. The number of carbonyl (C=O) groups is 1. The normalized spacial score (nSPS) is 18.1. The number of nitrogen functional groups attached to an aromatic ring is 1. The lowest BCUT2D eigenvalue weighted by molar-refractivity contribution is 0.0709. The highest BCUT2D eigenvalue weighted by molar-refractivity contribution is 5.95. The first-order chi connectivity index (χ1) is 17.5. The molecule has 2 fully saturated rings. The summed E-state index contributed by atoms with van der Waals surface area (Å²) in [5, 5.41) is 0. The third kappa shape index (κ3) is 5.18. The average molecular weight is 493 g/mol. The van der Waals surface area contributed by atoms with Gasteiger partial charge in [0.05, 0.1) is 5.56 Å². The molecule has 1 atom stereocenters. The average Bonchev–Trinajstić information content (AvgIpc) is 3.57. The molecule has 1 aromatic heterocycles. The number of hydrogen-bond acceptors (Lipinski definition) is 5. The van der Waals surface area contributed by atoms with Crippen molar-refractivity contribution in [3.8, 4) is 16.9 Å². The van der Waals surface area contributed by atoms with Crippen molar-refractivity contribution in [1.29, 1.82) is 0 Å². The molecule has 0 spiro atoms. The first-order valence-corrected chi connectivity index (χ1v) is 12.4. The summed E-state index contributed by atoms with van der Waals surface area (Å²) in [6, 6.07) is 13.0. The molecule has 6 nitrogen and oxygen atoms in total. The van der Waals surface area contributed by atoms with Gasteiger partial charge in [-0.1, -0.05) is 18.2 Å². The van der Waals surface area contributed by atoms with Gasteiger partial charge in [0.1, 0.15) is 18.2 Å². The predicted molar refractivity (Wildman–Crippen MR) is 135 cm³/mol. The largest absolute Gasteiger partial charge is 0.485 e. The summed E-state index contributed by atoms with van der Waals surface area (Å²) in [5.74, 6) is -0.940. The van der Waals surface area contributed by atoms with Crippen LogP contribution < -0.4 is 10.5 Å². The maximum absolute atomic E-state index is 13.9. The van der Waals surface area contributed by atoms with Gasteiger partial charge in [-0.05, 0) is 74.7 Å². The van der Waals surface area contributed by atoms with Crippen LogP contribution in [0.15, 0.2) is 54.7 Å². The monoisotopic (exact) mass is 492 g/mol. The molecular formula is C28H30F2N4O2. The van der Waals surface area contributed by atoms with Gasteiger partial charge < -0.3 is 20.3 Å². The van der Waals surface area contributed by atoms with Crippen molar-refractivity contribution in [2.75, 3.05) is 31.9 Å². The molecule has 5 rings (SSSR count). The highest BCUT2D eigenvalue weighted by Crippen LogP contribution is 2.29. The first-order valence-electron chi connectivity index (χ1n) is 12.4. The fourth-order valence-corrected chi connectivity index (χ4v) is 5.08. The summed E-state index contributed by atoms with van der Waals surface area (Å²) >= 11 is 0. The second-order valence-electron chi connectivity index (χ2n) is 9.48. The van der Waals surface area contributed by atoms with Gasteiger partial charge in [0.25, 0.3) is 5.91 Å². The van der Waals surface area contributed by atoms with Crippen molar-refractivity contribution in [3.63, 3.8) is 0 Å². The Morgan fingerprint density at radius 1 is 1.00 bits per heavy atom. The van der Waals surface area contributed by atoms with E-state index in [4.69, 9.17) is 10.5 Å². The highest BCUT2D eigenvalue weighted by Gasteiger charge is 2.31. The minimum atomic E-state index is -0.682. The highest BCUT2D eigenvalue weighted by atomic mass is 19.1. The first kappa shape index (κ1) is 24.2. The van der Waals surface area contributed by atoms with E-state index in [2.05, 4.69) is 9.88 Å². The third-order valence-electron chi connectivity index (χ3n) is 7.09. The minimum absolute atomic E-state index is 0.0645. The lowest BCUT2D eigenvalue weighted by Crippen LogP contribution is -2.42. The number of pyridine rings is 1. The Balaban J connectivity index is 1.28. The molecule has 2 aliphatic heterocycles. The van der Waals surface area contributed by atoms with Crippen molar-refractivity contribution in [2.24, 2.45) is 0 Å². The molecule has 0 bridgehead atoms. The van der Waals surface area contributed by atoms with E-state index >= 15 is 0 Å². The number of nitrogens with zero attached hydrogens (tertiary/aromatic N) is 3. The van der Waals surface area contributed by atoms with E-state index in [-0.39, 0.29) is 35.7 Å². The second-order valence-corrected chi connectivity index (χ2v) is 9.48. The Morgan fingerprint density at radius 2 is 1.72 bits per heavy atom. The molecule has 8 heteroatoms. The lowest BCUT2D eigenvalue weighted by atomic mass is 10.0. The van der Waals surface area contributed by atoms with Crippen molar-refractivity contribution in [1.82, 2.24) is 14.8 Å². The quantitative estimate of drug-likeness (QED) is 0.509. The maximum Gasteiger partial charge on any atom is 0.254 e. The van der Waals surface area contributed by atoms with E-state index in [0.29, 0.717) is 5.56 Å². The van der Waals surface area contributed by atoms with Crippen molar-refractivity contribution in [3.05, 3.63) is 77.5 Å². The Hall–Kier alpha value is -3.52. The second kappa shape index (κ2) is 10.6. The lowest BCUT2D eigenvalue weighted by Gasteiger charge is -2.28. The van der Waals surface area contributed by atoms with Gasteiger partial charge in [0.2, 0.25) is 0 Å². The molecular weight excluding hydrogens is 462 g/mol. The minimum Gasteiger partial charge on any atom is -0.485 e. The standard InChI is InChI=1S/C28H30F2N4O2/c29-24-6-3-7-25(30)23(24)18-36-26-15-21(16-32-27(26)31)19-8-10-20(11-9-19)28(35)34-14-4-5-22(34)17-33-12-1-2-13-33/h3,6-11,15-16,22H,1-2,4-5,12-14,17-18H2,(H2,31,32). The number of nitrogens with two attached hydrogens (primary N) is 1. The number of benzene rings is 2. The number of ether oxygens (including phenoxy) is 1. The molecule has 2 N–H and O–H groups in total. The molecule has 188 valence electrons. The maximum atomic E-state index is 13.9. The van der Waals surface area contributed by atoms with E-state index in [9.17, 15) is 13.6 Å². The van der Waals surface area contributed by atoms with Crippen LogP contribution in [0.1, 0.15) is 41.6 Å². The molecule has 2 aromatic carbocycles. The summed E-state index contributed by atoms with van der Waals surface area (Å²) in [7, 11) is 0. The Bertz CT molecular complexity index is 1210. The third-order valence-corrected chi connectivity index (χ3v) is 7.09. The molecule has 0 saturated carbocycles. The van der Waals surface area contributed by atoms with Crippen LogP contribution in [0.5, 0.6) is 5.75 Å². The number of hydrogen-bond donors (Lipinski definition) is 1. The fourth-order valence-electron chi connectivity index (χ4n) is 5.08. The van der Waals surface area contributed by atoms with E-state index in [0.717, 1.165) is 50.1 Å². The zero-order valence-electron chi connectivity index (χ0n) is 20.1. The molecule has 0 aliphatic carbocycles. The van der Waals surface area contributed by atoms with Crippen LogP contribution >= 0.6 is 0 Å². The van der Waals surface area contributed by atoms with Crippen LogP contribution in [0.4, 0.5) is 14.6 Å². The van der Waals surface area contributed by atoms with Gasteiger partial charge in [-0.2, -0.15) is 0 Å².